The van der Waals surface area contributed by atoms with Crippen molar-refractivity contribution in [3.8, 4) is 0 Å². The van der Waals surface area contributed by atoms with Crippen LogP contribution < -0.4 is 15.5 Å². The molecule has 2 aliphatic rings. The van der Waals surface area contributed by atoms with E-state index in [9.17, 15) is 4.39 Å². The molecule has 9 heteroatoms. The number of aromatic nitrogens is 2. The number of ether oxygens (including phenoxy) is 1. The van der Waals surface area contributed by atoms with Crippen molar-refractivity contribution in [1.29, 1.82) is 0 Å². The Balaban J connectivity index is 1.43. The molecule has 0 saturated carbocycles. The number of thiocarbonyl (C=S) groups is 1. The van der Waals surface area contributed by atoms with E-state index in [-0.39, 0.29) is 11.2 Å². The van der Waals surface area contributed by atoms with Gasteiger partial charge in [-0.2, -0.15) is 4.98 Å². The number of anilines is 2. The molecular weight excluding hydrogens is 461 g/mol. The fraction of sp³-hybridized carbons (Fsp3) is 0.542. The number of halogens is 2. The normalized spacial score (nSPS) is 22.6. The van der Waals surface area contributed by atoms with E-state index in [4.69, 9.17) is 28.6 Å². The van der Waals surface area contributed by atoms with Crippen molar-refractivity contribution in [2.45, 2.75) is 38.5 Å². The largest absolute Gasteiger partial charge is 0.381 e. The van der Waals surface area contributed by atoms with Crippen LogP contribution in [0.4, 0.5) is 16.2 Å². The van der Waals surface area contributed by atoms with Gasteiger partial charge in [-0.15, -0.1) is 0 Å². The molecule has 2 unspecified atom stereocenters. The maximum Gasteiger partial charge on any atom is 0.232 e. The van der Waals surface area contributed by atoms with Crippen molar-refractivity contribution in [3.05, 3.63) is 46.9 Å². The molecule has 1 aromatic heterocycles. The van der Waals surface area contributed by atoms with E-state index in [1.54, 1.807) is 6.07 Å². The van der Waals surface area contributed by atoms with E-state index in [2.05, 4.69) is 39.3 Å². The molecule has 33 heavy (non-hydrogen) atoms. The van der Waals surface area contributed by atoms with Crippen molar-refractivity contribution in [2.24, 2.45) is 11.8 Å². The lowest BCUT2D eigenvalue weighted by atomic mass is 9.74. The number of hydrogen-bond donors (Lipinski definition) is 2. The Kier molecular flexibility index (Phi) is 7.66. The third-order valence-corrected chi connectivity index (χ3v) is 7.03. The van der Waals surface area contributed by atoms with Crippen LogP contribution in [0, 0.1) is 17.7 Å². The highest BCUT2D eigenvalue weighted by Gasteiger charge is 2.34. The molecule has 0 aliphatic carbocycles. The number of hydrogen-bond acceptors (Lipinski definition) is 5. The Bertz CT molecular complexity index is 960. The van der Waals surface area contributed by atoms with Gasteiger partial charge in [-0.25, -0.2) is 9.37 Å². The van der Waals surface area contributed by atoms with Gasteiger partial charge in [0.25, 0.3) is 0 Å². The summed E-state index contributed by atoms with van der Waals surface area (Å²) < 4.78 is 19.1. The van der Waals surface area contributed by atoms with Gasteiger partial charge in [-0.05, 0) is 61.0 Å². The zero-order chi connectivity index (χ0) is 23.4. The van der Waals surface area contributed by atoms with Crippen LogP contribution in [0.15, 0.2) is 30.3 Å². The number of rotatable bonds is 5. The molecule has 0 bridgehead atoms. The minimum absolute atomic E-state index is 0.182. The first-order valence-corrected chi connectivity index (χ1v) is 12.3. The second kappa shape index (κ2) is 10.5. The monoisotopic (exact) mass is 491 g/mol. The van der Waals surface area contributed by atoms with Crippen LogP contribution in [-0.4, -0.2) is 47.9 Å². The summed E-state index contributed by atoms with van der Waals surface area (Å²) >= 11 is 11.9. The second-order valence-electron chi connectivity index (χ2n) is 9.43. The average molecular weight is 492 g/mol. The summed E-state index contributed by atoms with van der Waals surface area (Å²) in [5, 5.41) is 7.23. The van der Waals surface area contributed by atoms with Crippen molar-refractivity contribution in [3.63, 3.8) is 0 Å². The predicted octanol–water partition coefficient (Wildman–Crippen LogP) is 4.79. The van der Waals surface area contributed by atoms with Gasteiger partial charge in [-0.3, -0.25) is 0 Å². The van der Waals surface area contributed by atoms with E-state index in [1.807, 2.05) is 12.1 Å². The first kappa shape index (κ1) is 24.1. The van der Waals surface area contributed by atoms with Crippen molar-refractivity contribution in [1.82, 2.24) is 15.3 Å². The Morgan fingerprint density at radius 1 is 1.18 bits per heavy atom. The van der Waals surface area contributed by atoms with Crippen molar-refractivity contribution >= 4 is 40.7 Å². The summed E-state index contributed by atoms with van der Waals surface area (Å²) in [5.74, 6) is 2.15. The lowest BCUT2D eigenvalue weighted by molar-refractivity contribution is 0.0515. The SMILES string of the molecule is CC1CC(C)CN(c2cc(Cl)nc(NC(=S)NCC3(c4ccc(F)cc4)CCOCC3)n2)C1. The topological polar surface area (TPSA) is 62.3 Å². The van der Waals surface area contributed by atoms with Crippen LogP contribution in [0.2, 0.25) is 5.15 Å². The van der Waals surface area contributed by atoms with Crippen LogP contribution in [-0.2, 0) is 10.2 Å². The third-order valence-electron chi connectivity index (χ3n) is 6.59. The molecule has 6 nitrogen and oxygen atoms in total. The van der Waals surface area contributed by atoms with Gasteiger partial charge in [0.15, 0.2) is 5.11 Å². The van der Waals surface area contributed by atoms with Crippen LogP contribution >= 0.6 is 23.8 Å². The van der Waals surface area contributed by atoms with Crippen LogP contribution in [0.5, 0.6) is 0 Å². The molecule has 2 fully saturated rings. The summed E-state index contributed by atoms with van der Waals surface area (Å²) in [4.78, 5) is 11.3. The molecule has 0 radical (unpaired) electrons. The van der Waals surface area contributed by atoms with E-state index < -0.39 is 0 Å². The van der Waals surface area contributed by atoms with E-state index >= 15 is 0 Å². The summed E-state index contributed by atoms with van der Waals surface area (Å²) in [5.41, 5.74) is 0.898. The van der Waals surface area contributed by atoms with Gasteiger partial charge < -0.3 is 20.3 Å². The van der Waals surface area contributed by atoms with Gasteiger partial charge in [0, 0.05) is 44.3 Å². The zero-order valence-corrected chi connectivity index (χ0v) is 20.7. The third kappa shape index (κ3) is 6.11. The number of nitrogens with one attached hydrogen (secondary N) is 2. The van der Waals surface area contributed by atoms with Gasteiger partial charge in [0.1, 0.15) is 16.8 Å². The quantitative estimate of drug-likeness (QED) is 0.460. The Hall–Kier alpha value is -2.03. The molecular formula is C24H31ClFN5OS. The predicted molar refractivity (Wildman–Crippen MR) is 135 cm³/mol. The molecule has 1 aromatic carbocycles. The van der Waals surface area contributed by atoms with Gasteiger partial charge >= 0.3 is 0 Å². The molecule has 4 rings (SSSR count). The number of benzene rings is 1. The zero-order valence-electron chi connectivity index (χ0n) is 19.1. The van der Waals surface area contributed by atoms with Gasteiger partial charge in [0.05, 0.1) is 0 Å². The molecule has 2 saturated heterocycles. The summed E-state index contributed by atoms with van der Waals surface area (Å²) in [7, 11) is 0. The molecule has 0 spiro atoms. The average Bonchev–Trinajstić information content (AvgIpc) is 2.78. The number of nitrogens with zero attached hydrogens (tertiary/aromatic N) is 3. The fourth-order valence-corrected chi connectivity index (χ4v) is 5.34. The Labute approximate surface area is 205 Å². The van der Waals surface area contributed by atoms with Crippen LogP contribution in [0.3, 0.4) is 0 Å². The van der Waals surface area contributed by atoms with Gasteiger partial charge in [-0.1, -0.05) is 37.6 Å². The second-order valence-corrected chi connectivity index (χ2v) is 10.2. The summed E-state index contributed by atoms with van der Waals surface area (Å²) in [6.07, 6.45) is 2.88. The molecule has 3 heterocycles. The molecule has 2 aromatic rings. The number of piperidine rings is 1. The van der Waals surface area contributed by atoms with E-state index in [0.29, 0.717) is 47.8 Å². The van der Waals surface area contributed by atoms with Gasteiger partial charge in [0.2, 0.25) is 5.95 Å². The maximum absolute atomic E-state index is 13.5. The van der Waals surface area contributed by atoms with E-state index in [1.165, 1.54) is 18.6 Å². The first-order valence-electron chi connectivity index (χ1n) is 11.5. The van der Waals surface area contributed by atoms with Crippen molar-refractivity contribution in [2.75, 3.05) is 43.1 Å². The van der Waals surface area contributed by atoms with E-state index in [0.717, 1.165) is 37.3 Å². The smallest absolute Gasteiger partial charge is 0.232 e. The molecule has 2 aliphatic heterocycles. The Morgan fingerprint density at radius 2 is 1.85 bits per heavy atom. The van der Waals surface area contributed by atoms with Crippen molar-refractivity contribution < 1.29 is 9.13 Å². The lowest BCUT2D eigenvalue weighted by Crippen LogP contribution is -2.45. The molecule has 2 atom stereocenters. The fourth-order valence-electron chi connectivity index (χ4n) is 5.00. The molecule has 0 amide bonds. The highest BCUT2D eigenvalue weighted by Crippen LogP contribution is 2.34. The molecule has 2 N–H and O–H groups in total. The van der Waals surface area contributed by atoms with Crippen LogP contribution in [0.1, 0.15) is 38.7 Å². The minimum Gasteiger partial charge on any atom is -0.381 e. The van der Waals surface area contributed by atoms with Crippen LogP contribution in [0.25, 0.3) is 0 Å². The maximum atomic E-state index is 13.5. The Morgan fingerprint density at radius 3 is 2.52 bits per heavy atom. The highest BCUT2D eigenvalue weighted by atomic mass is 35.5. The lowest BCUT2D eigenvalue weighted by Gasteiger charge is -2.38. The highest BCUT2D eigenvalue weighted by molar-refractivity contribution is 7.80. The minimum atomic E-state index is -0.238. The summed E-state index contributed by atoms with van der Waals surface area (Å²) in [6, 6.07) is 8.52. The summed E-state index contributed by atoms with van der Waals surface area (Å²) in [6.45, 7) is 8.33. The first-order chi connectivity index (χ1) is 15.8. The standard InChI is InChI=1S/C24H31ClFN5OS/c1-16-11-17(2)14-31(13-16)21-12-20(25)28-22(29-21)30-23(33)27-15-24(7-9-32-10-8-24)18-3-5-19(26)6-4-18/h3-6,12,16-17H,7-11,13-15H2,1-2H3,(H2,27,28,29,30,33). The molecule has 178 valence electrons.